The van der Waals surface area contributed by atoms with Crippen LogP contribution in [0.4, 0.5) is 0 Å². The molecule has 0 aromatic carbocycles. The Kier molecular flexibility index (Phi) is 6.65. The molecule has 0 unspecified atom stereocenters. The van der Waals surface area contributed by atoms with Crippen molar-refractivity contribution < 1.29 is 0 Å². The maximum atomic E-state index is 5.11. The Bertz CT molecular complexity index is 170. The summed E-state index contributed by atoms with van der Waals surface area (Å²) in [5.41, 5.74) is 0. The van der Waals surface area contributed by atoms with Gasteiger partial charge in [-0.05, 0) is 12.8 Å². The second-order valence-corrected chi connectivity index (χ2v) is 2.89. The van der Waals surface area contributed by atoms with Crippen LogP contribution in [-0.4, -0.2) is 0 Å². The Balaban J connectivity index is 3.17. The Morgan fingerprint density at radius 3 is 2.36 bits per heavy atom. The molecule has 0 rings (SSSR count). The SMILES string of the molecule is C#CCCCCC#CC(C)C. The summed E-state index contributed by atoms with van der Waals surface area (Å²) in [6, 6.07) is 0. The zero-order valence-electron chi connectivity index (χ0n) is 7.48. The van der Waals surface area contributed by atoms with E-state index in [9.17, 15) is 0 Å². The monoisotopic (exact) mass is 148 g/mol. The molecule has 0 heterocycles. The van der Waals surface area contributed by atoms with Gasteiger partial charge in [0.05, 0.1) is 0 Å². The molecule has 0 heteroatoms. The molecule has 0 fully saturated rings. The average Bonchev–Trinajstić information content (AvgIpc) is 1.96. The summed E-state index contributed by atoms with van der Waals surface area (Å²) in [5, 5.41) is 0. The molecule has 0 amide bonds. The van der Waals surface area contributed by atoms with Crippen LogP contribution < -0.4 is 0 Å². The molecule has 0 aliphatic rings. The van der Waals surface area contributed by atoms with E-state index in [4.69, 9.17) is 6.42 Å². The average molecular weight is 148 g/mol. The first-order chi connectivity index (χ1) is 5.27. The molecule has 0 radical (unpaired) electrons. The van der Waals surface area contributed by atoms with Gasteiger partial charge in [-0.1, -0.05) is 13.8 Å². The van der Waals surface area contributed by atoms with Gasteiger partial charge in [0.2, 0.25) is 0 Å². The topological polar surface area (TPSA) is 0 Å². The Labute approximate surface area is 70.4 Å². The minimum absolute atomic E-state index is 0.502. The van der Waals surface area contributed by atoms with Crippen molar-refractivity contribution >= 4 is 0 Å². The third-order valence-corrected chi connectivity index (χ3v) is 1.26. The summed E-state index contributed by atoms with van der Waals surface area (Å²) in [4.78, 5) is 0. The largest absolute Gasteiger partial charge is 0.120 e. The lowest BCUT2D eigenvalue weighted by molar-refractivity contribution is 0.779. The predicted octanol–water partition coefficient (Wildman–Crippen LogP) is 2.84. The summed E-state index contributed by atoms with van der Waals surface area (Å²) in [5.74, 6) is 9.37. The van der Waals surface area contributed by atoms with Gasteiger partial charge in [-0.25, -0.2) is 0 Å². The highest BCUT2D eigenvalue weighted by Crippen LogP contribution is 1.97. The molecular formula is C11H16. The Hall–Kier alpha value is -0.880. The molecule has 0 nitrogen and oxygen atoms in total. The summed E-state index contributed by atoms with van der Waals surface area (Å²) in [6.45, 7) is 4.21. The molecule has 0 saturated carbocycles. The second-order valence-electron chi connectivity index (χ2n) is 2.89. The van der Waals surface area contributed by atoms with Crippen molar-refractivity contribution in [2.75, 3.05) is 0 Å². The van der Waals surface area contributed by atoms with Crippen molar-refractivity contribution in [2.45, 2.75) is 39.5 Å². The Morgan fingerprint density at radius 1 is 1.18 bits per heavy atom. The van der Waals surface area contributed by atoms with Gasteiger partial charge in [0.1, 0.15) is 0 Å². The van der Waals surface area contributed by atoms with Crippen molar-refractivity contribution in [3.8, 4) is 24.2 Å². The van der Waals surface area contributed by atoms with Gasteiger partial charge in [-0.2, -0.15) is 0 Å². The summed E-state index contributed by atoms with van der Waals surface area (Å²) in [6.07, 6.45) is 9.25. The minimum atomic E-state index is 0.502. The molecule has 0 spiro atoms. The fraction of sp³-hybridized carbons (Fsp3) is 0.636. The summed E-state index contributed by atoms with van der Waals surface area (Å²) < 4.78 is 0. The van der Waals surface area contributed by atoms with Crippen LogP contribution in [0.15, 0.2) is 0 Å². The number of hydrogen-bond donors (Lipinski definition) is 0. The van der Waals surface area contributed by atoms with Crippen LogP contribution in [0, 0.1) is 30.1 Å². The first-order valence-electron chi connectivity index (χ1n) is 4.19. The molecule has 0 N–H and O–H groups in total. The van der Waals surface area contributed by atoms with Crippen LogP contribution in [0.5, 0.6) is 0 Å². The van der Waals surface area contributed by atoms with Gasteiger partial charge in [-0.15, -0.1) is 24.2 Å². The molecule has 0 bridgehead atoms. The van der Waals surface area contributed by atoms with E-state index in [0.29, 0.717) is 5.92 Å². The zero-order chi connectivity index (χ0) is 8.53. The van der Waals surface area contributed by atoms with Gasteiger partial charge >= 0.3 is 0 Å². The third-order valence-electron chi connectivity index (χ3n) is 1.26. The number of terminal acetylenes is 1. The number of hydrogen-bond acceptors (Lipinski definition) is 0. The van der Waals surface area contributed by atoms with Crippen LogP contribution in [0.2, 0.25) is 0 Å². The van der Waals surface area contributed by atoms with Gasteiger partial charge < -0.3 is 0 Å². The van der Waals surface area contributed by atoms with Crippen molar-refractivity contribution in [3.05, 3.63) is 0 Å². The highest BCUT2D eigenvalue weighted by Gasteiger charge is 1.83. The van der Waals surface area contributed by atoms with Crippen LogP contribution in [-0.2, 0) is 0 Å². The highest BCUT2D eigenvalue weighted by atomic mass is 13.9. The molecular weight excluding hydrogens is 132 g/mol. The molecule has 0 aliphatic carbocycles. The lowest BCUT2D eigenvalue weighted by Gasteiger charge is -1.89. The van der Waals surface area contributed by atoms with Gasteiger partial charge in [0.15, 0.2) is 0 Å². The molecule has 0 aliphatic heterocycles. The predicted molar refractivity (Wildman–Crippen MR) is 49.9 cm³/mol. The molecule has 0 saturated heterocycles. The first-order valence-corrected chi connectivity index (χ1v) is 4.19. The zero-order valence-corrected chi connectivity index (χ0v) is 7.48. The number of rotatable bonds is 3. The first kappa shape index (κ1) is 10.1. The van der Waals surface area contributed by atoms with Crippen LogP contribution in [0.3, 0.4) is 0 Å². The molecule has 60 valence electrons. The maximum absolute atomic E-state index is 5.11. The highest BCUT2D eigenvalue weighted by molar-refractivity contribution is 5.01. The van der Waals surface area contributed by atoms with E-state index in [1.54, 1.807) is 0 Å². The van der Waals surface area contributed by atoms with E-state index < -0.39 is 0 Å². The van der Waals surface area contributed by atoms with E-state index in [1.165, 1.54) is 0 Å². The third kappa shape index (κ3) is 9.12. The fourth-order valence-corrected chi connectivity index (χ4v) is 0.717. The molecule has 0 aromatic rings. The summed E-state index contributed by atoms with van der Waals surface area (Å²) in [7, 11) is 0. The normalized spacial score (nSPS) is 8.55. The standard InChI is InChI=1S/C11H16/c1-4-5-6-7-8-9-10-11(2)3/h1,11H,5-8H2,2-3H3. The van der Waals surface area contributed by atoms with Gasteiger partial charge in [0.25, 0.3) is 0 Å². The van der Waals surface area contributed by atoms with Crippen molar-refractivity contribution in [2.24, 2.45) is 5.92 Å². The van der Waals surface area contributed by atoms with E-state index in [-0.39, 0.29) is 0 Å². The molecule has 11 heavy (non-hydrogen) atoms. The minimum Gasteiger partial charge on any atom is -0.120 e. The molecule has 0 atom stereocenters. The fourth-order valence-electron chi connectivity index (χ4n) is 0.717. The van der Waals surface area contributed by atoms with Crippen LogP contribution >= 0.6 is 0 Å². The van der Waals surface area contributed by atoms with E-state index in [1.807, 2.05) is 0 Å². The molecule has 0 aromatic heterocycles. The van der Waals surface area contributed by atoms with Crippen molar-refractivity contribution in [3.63, 3.8) is 0 Å². The van der Waals surface area contributed by atoms with Crippen LogP contribution in [0.25, 0.3) is 0 Å². The second kappa shape index (κ2) is 7.23. The maximum Gasteiger partial charge on any atom is 0.0146 e. The van der Waals surface area contributed by atoms with Crippen molar-refractivity contribution in [1.82, 2.24) is 0 Å². The van der Waals surface area contributed by atoms with Gasteiger partial charge in [0, 0.05) is 18.8 Å². The lowest BCUT2D eigenvalue weighted by atomic mass is 10.2. The van der Waals surface area contributed by atoms with E-state index in [2.05, 4.69) is 31.6 Å². The Morgan fingerprint density at radius 2 is 1.82 bits per heavy atom. The lowest BCUT2D eigenvalue weighted by Crippen LogP contribution is -1.78. The smallest absolute Gasteiger partial charge is 0.0146 e. The van der Waals surface area contributed by atoms with Gasteiger partial charge in [-0.3, -0.25) is 0 Å². The number of unbranched alkanes of at least 4 members (excludes halogenated alkanes) is 3. The summed E-state index contributed by atoms with van der Waals surface area (Å²) >= 11 is 0. The van der Waals surface area contributed by atoms with E-state index in [0.717, 1.165) is 25.7 Å². The van der Waals surface area contributed by atoms with Crippen molar-refractivity contribution in [1.29, 1.82) is 0 Å². The van der Waals surface area contributed by atoms with E-state index >= 15 is 0 Å². The van der Waals surface area contributed by atoms with Crippen LogP contribution in [0.1, 0.15) is 39.5 Å². The quantitative estimate of drug-likeness (QED) is 0.426.